The standard InChI is InChI=1S/C27H23F2N3O5S/c1-15-11-16(2)25(17(3)12-15)37-27-18(26(33)32-38(34,35)24-7-5-6-10-30-24)8-9-22(31-27)19-13-21(29)23(36-4)14-20(19)28/h5-14H,1-4H3,(H,32,33). The lowest BCUT2D eigenvalue weighted by Gasteiger charge is -2.16. The van der Waals surface area contributed by atoms with E-state index >= 15 is 0 Å². The van der Waals surface area contributed by atoms with Crippen molar-refractivity contribution in [3.05, 3.63) is 94.7 Å². The normalized spacial score (nSPS) is 11.2. The van der Waals surface area contributed by atoms with Crippen molar-refractivity contribution < 1.29 is 31.5 Å². The molecular weight excluding hydrogens is 516 g/mol. The number of ether oxygens (including phenoxy) is 2. The van der Waals surface area contributed by atoms with Gasteiger partial charge in [0, 0.05) is 17.8 Å². The number of benzene rings is 2. The van der Waals surface area contributed by atoms with E-state index in [9.17, 15) is 22.0 Å². The maximum Gasteiger partial charge on any atom is 0.281 e. The van der Waals surface area contributed by atoms with Gasteiger partial charge in [0.05, 0.1) is 12.8 Å². The third kappa shape index (κ3) is 5.47. The van der Waals surface area contributed by atoms with E-state index in [0.717, 1.165) is 28.8 Å². The number of carbonyl (C=O) groups excluding carboxylic acids is 1. The molecule has 0 saturated heterocycles. The second-order valence-electron chi connectivity index (χ2n) is 8.45. The van der Waals surface area contributed by atoms with Gasteiger partial charge in [-0.05, 0) is 62.2 Å². The molecule has 0 bridgehead atoms. The molecule has 196 valence electrons. The maximum atomic E-state index is 14.8. The number of rotatable bonds is 7. The lowest BCUT2D eigenvalue weighted by atomic mass is 10.1. The summed E-state index contributed by atoms with van der Waals surface area (Å²) in [5.74, 6) is -2.90. The molecule has 4 aromatic rings. The minimum absolute atomic E-state index is 0.0504. The van der Waals surface area contributed by atoms with Gasteiger partial charge in [0.1, 0.15) is 17.1 Å². The molecule has 0 spiro atoms. The Morgan fingerprint density at radius 3 is 2.29 bits per heavy atom. The molecule has 2 aromatic heterocycles. The fourth-order valence-corrected chi connectivity index (χ4v) is 4.80. The van der Waals surface area contributed by atoms with Gasteiger partial charge in [-0.25, -0.2) is 23.5 Å². The highest BCUT2D eigenvalue weighted by molar-refractivity contribution is 7.90. The van der Waals surface area contributed by atoms with E-state index in [1.165, 1.54) is 43.6 Å². The first kappa shape index (κ1) is 26.7. The summed E-state index contributed by atoms with van der Waals surface area (Å²) in [6, 6.07) is 12.2. The molecule has 0 fully saturated rings. The summed E-state index contributed by atoms with van der Waals surface area (Å²) in [5, 5.41) is -0.360. The van der Waals surface area contributed by atoms with E-state index in [-0.39, 0.29) is 33.5 Å². The van der Waals surface area contributed by atoms with Crippen LogP contribution >= 0.6 is 0 Å². The first-order chi connectivity index (χ1) is 18.0. The van der Waals surface area contributed by atoms with Crippen LogP contribution in [-0.2, 0) is 10.0 Å². The van der Waals surface area contributed by atoms with Gasteiger partial charge in [-0.1, -0.05) is 23.8 Å². The predicted octanol–water partition coefficient (Wildman–Crippen LogP) is 5.27. The number of aryl methyl sites for hydroxylation is 3. The topological polar surface area (TPSA) is 107 Å². The number of nitrogens with zero attached hydrogens (tertiary/aromatic N) is 2. The van der Waals surface area contributed by atoms with E-state index in [1.807, 2.05) is 23.8 Å². The molecule has 1 N–H and O–H groups in total. The zero-order chi connectivity index (χ0) is 27.6. The number of amides is 1. The molecule has 0 aliphatic rings. The van der Waals surface area contributed by atoms with Crippen LogP contribution in [-0.4, -0.2) is 31.4 Å². The van der Waals surface area contributed by atoms with Crippen LogP contribution < -0.4 is 14.2 Å². The highest BCUT2D eigenvalue weighted by Gasteiger charge is 2.25. The fourth-order valence-electron chi connectivity index (χ4n) is 3.88. The quantitative estimate of drug-likeness (QED) is 0.341. The number of aromatic nitrogens is 2. The molecule has 11 heteroatoms. The van der Waals surface area contributed by atoms with Crippen LogP contribution in [0, 0.1) is 32.4 Å². The van der Waals surface area contributed by atoms with Gasteiger partial charge in [0.2, 0.25) is 5.88 Å². The molecule has 0 unspecified atom stereocenters. The number of nitrogens with one attached hydrogen (secondary N) is 1. The van der Waals surface area contributed by atoms with Gasteiger partial charge in [0.25, 0.3) is 15.9 Å². The van der Waals surface area contributed by atoms with Crippen molar-refractivity contribution in [2.24, 2.45) is 0 Å². The van der Waals surface area contributed by atoms with E-state index in [0.29, 0.717) is 5.75 Å². The van der Waals surface area contributed by atoms with Gasteiger partial charge in [-0.2, -0.15) is 8.42 Å². The second-order valence-corrected chi connectivity index (χ2v) is 10.1. The Hall–Kier alpha value is -4.38. The molecule has 0 aliphatic heterocycles. The van der Waals surface area contributed by atoms with Crippen molar-refractivity contribution >= 4 is 15.9 Å². The van der Waals surface area contributed by atoms with Crippen molar-refractivity contribution in [1.29, 1.82) is 0 Å². The van der Waals surface area contributed by atoms with Gasteiger partial charge in [0.15, 0.2) is 16.6 Å². The Morgan fingerprint density at radius 2 is 1.66 bits per heavy atom. The lowest BCUT2D eigenvalue weighted by Crippen LogP contribution is -2.31. The predicted molar refractivity (Wildman–Crippen MR) is 136 cm³/mol. The molecule has 0 atom stereocenters. The molecule has 38 heavy (non-hydrogen) atoms. The van der Waals surface area contributed by atoms with Crippen LogP contribution in [0.4, 0.5) is 8.78 Å². The van der Waals surface area contributed by atoms with Crippen LogP contribution in [0.1, 0.15) is 27.0 Å². The number of hydrogen-bond acceptors (Lipinski definition) is 7. The average molecular weight is 540 g/mol. The number of sulfonamides is 1. The third-order valence-electron chi connectivity index (χ3n) is 5.57. The summed E-state index contributed by atoms with van der Waals surface area (Å²) < 4.78 is 67.4. The van der Waals surface area contributed by atoms with E-state index in [4.69, 9.17) is 9.47 Å². The smallest absolute Gasteiger partial charge is 0.281 e. The summed E-state index contributed by atoms with van der Waals surface area (Å²) >= 11 is 0. The van der Waals surface area contributed by atoms with E-state index < -0.39 is 27.6 Å². The van der Waals surface area contributed by atoms with Crippen molar-refractivity contribution in [2.75, 3.05) is 7.11 Å². The summed E-state index contributed by atoms with van der Waals surface area (Å²) in [6.45, 7) is 5.50. The number of hydrogen-bond donors (Lipinski definition) is 1. The molecule has 2 heterocycles. The van der Waals surface area contributed by atoms with Crippen LogP contribution in [0.25, 0.3) is 11.3 Å². The van der Waals surface area contributed by atoms with Crippen molar-refractivity contribution in [3.63, 3.8) is 0 Å². The van der Waals surface area contributed by atoms with Crippen LogP contribution in [0.15, 0.2) is 65.8 Å². The Labute approximate surface area is 218 Å². The van der Waals surface area contributed by atoms with Gasteiger partial charge in [-0.15, -0.1) is 0 Å². The molecule has 1 amide bonds. The molecular formula is C27H23F2N3O5S. The minimum Gasteiger partial charge on any atom is -0.494 e. The Kier molecular flexibility index (Phi) is 7.40. The first-order valence-corrected chi connectivity index (χ1v) is 12.8. The summed E-state index contributed by atoms with van der Waals surface area (Å²) in [4.78, 5) is 21.2. The van der Waals surface area contributed by atoms with E-state index in [1.54, 1.807) is 13.8 Å². The zero-order valence-corrected chi connectivity index (χ0v) is 21.7. The van der Waals surface area contributed by atoms with Gasteiger partial charge < -0.3 is 9.47 Å². The monoisotopic (exact) mass is 539 g/mol. The lowest BCUT2D eigenvalue weighted by molar-refractivity contribution is 0.0978. The van der Waals surface area contributed by atoms with Crippen molar-refractivity contribution in [3.8, 4) is 28.6 Å². The molecule has 8 nitrogen and oxygen atoms in total. The summed E-state index contributed by atoms with van der Waals surface area (Å²) in [5.41, 5.74) is 1.92. The first-order valence-electron chi connectivity index (χ1n) is 11.3. The average Bonchev–Trinajstić information content (AvgIpc) is 2.87. The second kappa shape index (κ2) is 10.5. The van der Waals surface area contributed by atoms with Crippen LogP contribution in [0.2, 0.25) is 0 Å². The largest absolute Gasteiger partial charge is 0.494 e. The Balaban J connectivity index is 1.82. The molecule has 0 aliphatic carbocycles. The number of methoxy groups -OCH3 is 1. The highest BCUT2D eigenvalue weighted by Crippen LogP contribution is 2.34. The minimum atomic E-state index is -4.32. The number of pyridine rings is 2. The van der Waals surface area contributed by atoms with Crippen LogP contribution in [0.3, 0.4) is 0 Å². The number of halogens is 2. The van der Waals surface area contributed by atoms with Gasteiger partial charge >= 0.3 is 0 Å². The molecule has 4 rings (SSSR count). The number of carbonyl (C=O) groups is 1. The van der Waals surface area contributed by atoms with Gasteiger partial charge in [-0.3, -0.25) is 4.79 Å². The fraction of sp³-hybridized carbons (Fsp3) is 0.148. The van der Waals surface area contributed by atoms with Crippen molar-refractivity contribution in [2.45, 2.75) is 25.8 Å². The van der Waals surface area contributed by atoms with E-state index in [2.05, 4.69) is 9.97 Å². The Bertz CT molecular complexity index is 1620. The third-order valence-corrected chi connectivity index (χ3v) is 6.81. The molecule has 0 saturated carbocycles. The van der Waals surface area contributed by atoms with Crippen molar-refractivity contribution in [1.82, 2.24) is 14.7 Å². The summed E-state index contributed by atoms with van der Waals surface area (Å²) in [7, 11) is -3.11. The molecule has 2 aromatic carbocycles. The Morgan fingerprint density at radius 1 is 0.947 bits per heavy atom. The summed E-state index contributed by atoms with van der Waals surface area (Å²) in [6.07, 6.45) is 1.27. The zero-order valence-electron chi connectivity index (χ0n) is 20.9. The van der Waals surface area contributed by atoms with Crippen LogP contribution in [0.5, 0.6) is 17.4 Å². The molecule has 0 radical (unpaired) electrons. The highest BCUT2D eigenvalue weighted by atomic mass is 32.2. The SMILES string of the molecule is COc1cc(F)c(-c2ccc(C(=O)NS(=O)(=O)c3ccccn3)c(Oc3c(C)cc(C)cc3C)n2)cc1F. The maximum absolute atomic E-state index is 14.8.